The first-order chi connectivity index (χ1) is 42.0. The Balaban J connectivity index is 1.01. The highest BCUT2D eigenvalue weighted by Crippen LogP contribution is 2.43. The maximum atomic E-state index is 10.5. The monoisotopic (exact) mass is 1080 g/mol. The number of aromatic nitrogens is 5. The first kappa shape index (κ1) is 50.2. The predicted octanol–water partition coefficient (Wildman–Crippen LogP) is 20.1. The molecule has 0 saturated carbocycles. The van der Waals surface area contributed by atoms with Crippen molar-refractivity contribution < 1.29 is 0 Å². The fourth-order valence-corrected chi connectivity index (χ4v) is 12.3. The van der Waals surface area contributed by atoms with Crippen LogP contribution in [0.15, 0.2) is 279 Å². The number of rotatable bonds is 10. The normalized spacial score (nSPS) is 11.3. The average Bonchev–Trinajstić information content (AvgIpc) is 1.81. The molecule has 0 aliphatic heterocycles. The van der Waals surface area contributed by atoms with Gasteiger partial charge in [-0.05, 0) is 141 Å². The summed E-state index contributed by atoms with van der Waals surface area (Å²) in [6.07, 6.45) is 0. The van der Waals surface area contributed by atoms with Gasteiger partial charge in [0, 0.05) is 38.2 Å². The van der Waals surface area contributed by atoms with Crippen LogP contribution < -0.4 is 0 Å². The molecule has 12 aromatic carbocycles. The van der Waals surface area contributed by atoms with Crippen LogP contribution in [0.1, 0.15) is 11.1 Å². The lowest BCUT2D eigenvalue weighted by molar-refractivity contribution is 1.06. The van der Waals surface area contributed by atoms with Crippen LogP contribution in [0, 0.1) is 24.8 Å². The van der Waals surface area contributed by atoms with Gasteiger partial charge in [-0.2, -0.15) is 5.26 Å². The zero-order valence-corrected chi connectivity index (χ0v) is 46.2. The Morgan fingerprint density at radius 1 is 0.329 bits per heavy atom. The van der Waals surface area contributed by atoms with Crippen molar-refractivity contribution in [2.45, 2.75) is 6.92 Å². The van der Waals surface area contributed by atoms with Crippen LogP contribution in [-0.2, 0) is 0 Å². The first-order valence-corrected chi connectivity index (χ1v) is 28.3. The third-order valence-electron chi connectivity index (χ3n) is 16.4. The molecule has 0 radical (unpaired) electrons. The van der Waals surface area contributed by atoms with Gasteiger partial charge in [0.25, 0.3) is 0 Å². The van der Waals surface area contributed by atoms with Crippen LogP contribution in [0.2, 0.25) is 0 Å². The second kappa shape index (κ2) is 21.0. The van der Waals surface area contributed by atoms with E-state index in [9.17, 15) is 5.26 Å². The largest absolute Gasteiger partial charge is 0.308 e. The summed E-state index contributed by atoms with van der Waals surface area (Å²) in [6.45, 7) is 9.88. The minimum Gasteiger partial charge on any atom is -0.308 e. The van der Waals surface area contributed by atoms with E-state index in [0.29, 0.717) is 28.7 Å². The maximum absolute atomic E-state index is 10.5. The molecular weight excluding hydrogens is 1030 g/mol. The SMILES string of the molecule is [C-]#[N+]c1cccc(-c2ccc(-c3nc(-c4ccc(-c5ccccc5C)cc4-n4c5ccccc5c5cc(-c6ccccc6)ccc54)nc(-c4ccc(-c5ccccc5C#N)cc4-n4c5ccccc5c5cc(-c6ccccc6)ccc54)n3)cc2)c1. The molecule has 0 N–H and O–H groups in total. The van der Waals surface area contributed by atoms with E-state index in [1.807, 2.05) is 54.6 Å². The van der Waals surface area contributed by atoms with Crippen LogP contribution in [0.5, 0.6) is 0 Å². The number of hydrogen-bond donors (Lipinski definition) is 0. The highest BCUT2D eigenvalue weighted by Gasteiger charge is 2.25. The topological polar surface area (TPSA) is 76.7 Å². The van der Waals surface area contributed by atoms with E-state index < -0.39 is 0 Å². The molecule has 0 unspecified atom stereocenters. The molecule has 0 amide bonds. The first-order valence-electron chi connectivity index (χ1n) is 28.3. The van der Waals surface area contributed by atoms with Gasteiger partial charge >= 0.3 is 0 Å². The van der Waals surface area contributed by atoms with Crippen LogP contribution >= 0.6 is 0 Å². The Morgan fingerprint density at radius 2 is 0.753 bits per heavy atom. The Morgan fingerprint density at radius 3 is 1.32 bits per heavy atom. The lowest BCUT2D eigenvalue weighted by Crippen LogP contribution is -2.06. The predicted molar refractivity (Wildman–Crippen MR) is 348 cm³/mol. The minimum absolute atomic E-state index is 0.472. The molecule has 0 atom stereocenters. The second-order valence-corrected chi connectivity index (χ2v) is 21.4. The number of aryl methyl sites for hydroxylation is 1. The smallest absolute Gasteiger partial charge is 0.187 e. The van der Waals surface area contributed by atoms with Gasteiger partial charge in [-0.15, -0.1) is 0 Å². The van der Waals surface area contributed by atoms with Gasteiger partial charge in [0.2, 0.25) is 0 Å². The summed E-state index contributed by atoms with van der Waals surface area (Å²) in [5.74, 6) is 1.45. The van der Waals surface area contributed by atoms with Gasteiger partial charge in [0.15, 0.2) is 23.2 Å². The van der Waals surface area contributed by atoms with E-state index in [2.05, 4.69) is 251 Å². The number of para-hydroxylation sites is 2. The standard InChI is InChI=1S/C78H49N7/c1-50-18-9-11-26-62(50)58-36-40-66(74(47-58)84-70-30-15-13-28-64(70)68-45-56(38-42-72(68)84)51-19-5-3-6-20-51)77-81-76(54-34-32-53(33-35-54)55-24-17-25-61(44-55)80-2)82-78(83-77)67-41-37-59(63-27-12-10-23-60(63)49-79)48-75(67)85-71-31-16-14-29-65(71)69-46-57(39-43-73(69)85)52-21-7-4-8-22-52/h3-48H,1H3. The molecule has 0 saturated heterocycles. The molecule has 85 heavy (non-hydrogen) atoms. The lowest BCUT2D eigenvalue weighted by Gasteiger charge is -2.19. The van der Waals surface area contributed by atoms with Crippen LogP contribution in [0.4, 0.5) is 5.69 Å². The zero-order chi connectivity index (χ0) is 57.0. The van der Waals surface area contributed by atoms with Gasteiger partial charge < -0.3 is 9.13 Å². The maximum Gasteiger partial charge on any atom is 0.187 e. The van der Waals surface area contributed by atoms with Gasteiger partial charge in [0.1, 0.15) is 0 Å². The van der Waals surface area contributed by atoms with Gasteiger partial charge in [-0.3, -0.25) is 0 Å². The Kier molecular flexibility index (Phi) is 12.4. The molecular formula is C78H49N7. The van der Waals surface area contributed by atoms with Crippen LogP contribution in [0.25, 0.3) is 150 Å². The fraction of sp³-hybridized carbons (Fsp3) is 0.0128. The highest BCUT2D eigenvalue weighted by molar-refractivity contribution is 6.12. The molecule has 0 bridgehead atoms. The summed E-state index contributed by atoms with van der Waals surface area (Å²) in [5, 5.41) is 15.0. The number of nitrogens with zero attached hydrogens (tertiary/aromatic N) is 7. The van der Waals surface area contributed by atoms with Crippen molar-refractivity contribution in [2.75, 3.05) is 0 Å². The summed E-state index contributed by atoms with van der Waals surface area (Å²) in [7, 11) is 0. The van der Waals surface area contributed by atoms with Gasteiger partial charge in [-0.1, -0.05) is 206 Å². The molecule has 3 aromatic heterocycles. The number of nitriles is 1. The minimum atomic E-state index is 0.472. The molecule has 0 aliphatic carbocycles. The molecule has 0 aliphatic rings. The fourth-order valence-electron chi connectivity index (χ4n) is 12.3. The Labute approximate surface area is 491 Å². The molecule has 0 spiro atoms. The molecule has 15 aromatic rings. The summed E-state index contributed by atoms with van der Waals surface area (Å²) >= 11 is 0. The van der Waals surface area contributed by atoms with Crippen molar-refractivity contribution in [1.82, 2.24) is 24.1 Å². The lowest BCUT2D eigenvalue weighted by atomic mass is 9.97. The van der Waals surface area contributed by atoms with E-state index >= 15 is 0 Å². The number of fused-ring (bicyclic) bond motifs is 6. The summed E-state index contributed by atoms with van der Waals surface area (Å²) in [5.41, 5.74) is 20.9. The summed E-state index contributed by atoms with van der Waals surface area (Å²) < 4.78 is 4.70. The van der Waals surface area contributed by atoms with E-state index in [4.69, 9.17) is 21.5 Å². The van der Waals surface area contributed by atoms with Crippen LogP contribution in [-0.4, -0.2) is 24.1 Å². The molecule has 15 rings (SSSR count). The van der Waals surface area contributed by atoms with E-state index in [-0.39, 0.29) is 0 Å². The zero-order valence-electron chi connectivity index (χ0n) is 46.2. The van der Waals surface area contributed by atoms with Crippen molar-refractivity contribution >= 4 is 49.3 Å². The van der Waals surface area contributed by atoms with E-state index in [0.717, 1.165) is 127 Å². The van der Waals surface area contributed by atoms with Crippen molar-refractivity contribution in [3.05, 3.63) is 302 Å². The average molecular weight is 1080 g/mol. The molecule has 3 heterocycles. The molecule has 0 fully saturated rings. The van der Waals surface area contributed by atoms with Crippen molar-refractivity contribution in [2.24, 2.45) is 0 Å². The highest BCUT2D eigenvalue weighted by atomic mass is 15.1. The van der Waals surface area contributed by atoms with Crippen LogP contribution in [0.3, 0.4) is 0 Å². The number of benzene rings is 12. The van der Waals surface area contributed by atoms with E-state index in [1.165, 1.54) is 5.56 Å². The molecule has 396 valence electrons. The third-order valence-corrected chi connectivity index (χ3v) is 16.4. The van der Waals surface area contributed by atoms with Crippen molar-refractivity contribution in [1.29, 1.82) is 5.26 Å². The van der Waals surface area contributed by atoms with Crippen molar-refractivity contribution in [3.63, 3.8) is 0 Å². The summed E-state index contributed by atoms with van der Waals surface area (Å²) in [4.78, 5) is 20.4. The van der Waals surface area contributed by atoms with Gasteiger partial charge in [0.05, 0.1) is 51.6 Å². The van der Waals surface area contributed by atoms with E-state index in [1.54, 1.807) is 0 Å². The quantitative estimate of drug-likeness (QED) is 0.128. The van der Waals surface area contributed by atoms with Crippen molar-refractivity contribution in [3.8, 4) is 107 Å². The van der Waals surface area contributed by atoms with Gasteiger partial charge in [-0.25, -0.2) is 19.8 Å². The number of hydrogen-bond acceptors (Lipinski definition) is 4. The summed E-state index contributed by atoms with van der Waals surface area (Å²) in [6, 6.07) is 99.4. The second-order valence-electron chi connectivity index (χ2n) is 21.4. The Hall–Kier alpha value is -11.8. The third kappa shape index (κ3) is 8.89. The molecule has 7 nitrogen and oxygen atoms in total. The Bertz CT molecular complexity index is 5210. The molecule has 7 heteroatoms.